The maximum atomic E-state index is 7.05. The summed E-state index contributed by atoms with van der Waals surface area (Å²) in [5, 5.41) is 0. The Bertz CT molecular complexity index is 544. The van der Waals surface area contributed by atoms with E-state index < -0.39 is 0 Å². The van der Waals surface area contributed by atoms with Crippen LogP contribution in [-0.2, 0) is 0 Å². The van der Waals surface area contributed by atoms with Crippen LogP contribution in [0.2, 0.25) is 0 Å². The van der Waals surface area contributed by atoms with Crippen LogP contribution in [0.4, 0.5) is 0 Å². The lowest BCUT2D eigenvalue weighted by Gasteiger charge is -2.56. The number of hydrogen-bond acceptors (Lipinski definition) is 1. The Morgan fingerprint density at radius 1 is 1.09 bits per heavy atom. The van der Waals surface area contributed by atoms with Gasteiger partial charge in [-0.25, -0.2) is 0 Å². The first-order chi connectivity index (χ1) is 10.4. The molecule has 122 valence electrons. The van der Waals surface area contributed by atoms with Crippen LogP contribution in [0.3, 0.4) is 0 Å². The first-order valence-corrected chi connectivity index (χ1v) is 9.51. The van der Waals surface area contributed by atoms with Crippen molar-refractivity contribution in [2.75, 3.05) is 0 Å². The summed E-state index contributed by atoms with van der Waals surface area (Å²) >= 11 is 0. The molecule has 1 heteroatoms. The lowest BCUT2D eigenvalue weighted by atomic mass is 9.50. The maximum Gasteiger partial charge on any atom is 0.0405 e. The first kappa shape index (κ1) is 15.0. The molecule has 0 radical (unpaired) electrons. The second kappa shape index (κ2) is 4.72. The van der Waals surface area contributed by atoms with E-state index in [1.807, 2.05) is 0 Å². The molecule has 0 amide bonds. The normalized spacial score (nSPS) is 50.5. The van der Waals surface area contributed by atoms with Gasteiger partial charge in [0.15, 0.2) is 0 Å². The minimum atomic E-state index is 0.0651. The van der Waals surface area contributed by atoms with Gasteiger partial charge in [-0.2, -0.15) is 0 Å². The topological polar surface area (TPSA) is 26.0 Å². The van der Waals surface area contributed by atoms with Gasteiger partial charge in [-0.15, -0.1) is 0 Å². The zero-order valence-corrected chi connectivity index (χ0v) is 14.8. The van der Waals surface area contributed by atoms with Crippen LogP contribution in [0, 0.1) is 29.1 Å². The Morgan fingerprint density at radius 2 is 1.86 bits per heavy atom. The zero-order chi connectivity index (χ0) is 15.7. The number of hydrogen-bond donors (Lipinski definition) is 1. The summed E-state index contributed by atoms with van der Waals surface area (Å²) in [5.74, 6) is 3.30. The van der Waals surface area contributed by atoms with Crippen molar-refractivity contribution in [2.24, 2.45) is 34.8 Å². The average Bonchev–Trinajstić information content (AvgIpc) is 2.96. The second-order valence-electron chi connectivity index (χ2n) is 9.24. The molecule has 0 bridgehead atoms. The van der Waals surface area contributed by atoms with Crippen molar-refractivity contribution in [3.05, 3.63) is 23.3 Å². The van der Waals surface area contributed by atoms with Gasteiger partial charge < -0.3 is 5.73 Å². The predicted octanol–water partition coefficient (Wildman–Crippen LogP) is 5.22. The molecule has 4 aliphatic rings. The molecule has 0 aromatic carbocycles. The molecule has 0 aromatic rings. The fourth-order valence-electron chi connectivity index (χ4n) is 7.40. The van der Waals surface area contributed by atoms with Gasteiger partial charge in [0.25, 0.3) is 0 Å². The summed E-state index contributed by atoms with van der Waals surface area (Å²) in [7, 11) is 0. The predicted molar refractivity (Wildman–Crippen MR) is 93.4 cm³/mol. The molecule has 4 aliphatic carbocycles. The minimum absolute atomic E-state index is 0.0651. The highest BCUT2D eigenvalue weighted by Crippen LogP contribution is 2.65. The Balaban J connectivity index is 1.68. The number of rotatable bonds is 1. The third kappa shape index (κ3) is 1.75. The highest BCUT2D eigenvalue weighted by molar-refractivity contribution is 5.35. The van der Waals surface area contributed by atoms with E-state index in [4.69, 9.17) is 5.73 Å². The van der Waals surface area contributed by atoms with Crippen molar-refractivity contribution in [1.29, 1.82) is 0 Å². The van der Waals surface area contributed by atoms with E-state index in [0.717, 1.165) is 23.7 Å². The molecule has 2 N–H and O–H groups in total. The molecule has 1 nitrogen and oxygen atoms in total. The Labute approximate surface area is 136 Å². The van der Waals surface area contributed by atoms with Gasteiger partial charge in [0, 0.05) is 5.54 Å². The lowest BCUT2D eigenvalue weighted by Crippen LogP contribution is -2.57. The van der Waals surface area contributed by atoms with E-state index in [1.54, 1.807) is 11.1 Å². The molecular formula is C21H33N. The fraction of sp³-hybridized carbons (Fsp3) is 0.810. The van der Waals surface area contributed by atoms with E-state index >= 15 is 0 Å². The van der Waals surface area contributed by atoms with Gasteiger partial charge in [0.1, 0.15) is 0 Å². The zero-order valence-electron chi connectivity index (χ0n) is 14.8. The summed E-state index contributed by atoms with van der Waals surface area (Å²) in [4.78, 5) is 0. The first-order valence-electron chi connectivity index (χ1n) is 9.51. The molecule has 3 saturated carbocycles. The molecule has 0 unspecified atom stereocenters. The summed E-state index contributed by atoms with van der Waals surface area (Å²) in [5.41, 5.74) is 12.3. The van der Waals surface area contributed by atoms with Gasteiger partial charge in [-0.05, 0) is 94.3 Å². The Kier molecular flexibility index (Phi) is 3.22. The van der Waals surface area contributed by atoms with Gasteiger partial charge in [-0.3, -0.25) is 0 Å². The van der Waals surface area contributed by atoms with E-state index in [2.05, 4.69) is 27.4 Å². The fourth-order valence-corrected chi connectivity index (χ4v) is 7.40. The van der Waals surface area contributed by atoms with Crippen molar-refractivity contribution in [1.82, 2.24) is 0 Å². The number of allylic oxidation sites excluding steroid dienone is 2. The van der Waals surface area contributed by atoms with Crippen molar-refractivity contribution >= 4 is 0 Å². The number of nitrogens with two attached hydrogens (primary N) is 1. The standard InChI is InChI=1S/C21H33N/c1-13(2)16-7-8-18-15-5-6-17-14(3)9-12-21(17,22)19(15)10-11-20(16,18)4/h15-16,18-19H,1,5-12,22H2,2-4H3/t15-,16+,18-,19-,20+,21+/m1/s1. The molecule has 0 aromatic heterocycles. The quantitative estimate of drug-likeness (QED) is 0.660. The summed E-state index contributed by atoms with van der Waals surface area (Å²) in [6.45, 7) is 11.5. The third-order valence-electron chi connectivity index (χ3n) is 8.41. The van der Waals surface area contributed by atoms with Gasteiger partial charge in [-0.1, -0.05) is 30.2 Å². The molecule has 4 rings (SSSR count). The van der Waals surface area contributed by atoms with E-state index in [-0.39, 0.29) is 5.54 Å². The van der Waals surface area contributed by atoms with Crippen molar-refractivity contribution in [3.63, 3.8) is 0 Å². The average molecular weight is 300 g/mol. The third-order valence-corrected chi connectivity index (χ3v) is 8.41. The molecule has 0 heterocycles. The van der Waals surface area contributed by atoms with Crippen LogP contribution in [0.5, 0.6) is 0 Å². The van der Waals surface area contributed by atoms with Crippen LogP contribution < -0.4 is 5.73 Å². The summed E-state index contributed by atoms with van der Waals surface area (Å²) < 4.78 is 0. The van der Waals surface area contributed by atoms with Crippen LogP contribution in [-0.4, -0.2) is 5.54 Å². The lowest BCUT2D eigenvalue weighted by molar-refractivity contribution is -0.0198. The molecule has 3 fully saturated rings. The monoisotopic (exact) mass is 299 g/mol. The van der Waals surface area contributed by atoms with Crippen LogP contribution in [0.15, 0.2) is 23.3 Å². The largest absolute Gasteiger partial charge is 0.321 e. The van der Waals surface area contributed by atoms with Crippen molar-refractivity contribution in [2.45, 2.75) is 77.7 Å². The molecule has 0 saturated heterocycles. The molecule has 22 heavy (non-hydrogen) atoms. The summed E-state index contributed by atoms with van der Waals surface area (Å²) in [6, 6.07) is 0. The highest BCUT2D eigenvalue weighted by Gasteiger charge is 2.59. The molecular weight excluding hydrogens is 266 g/mol. The second-order valence-corrected chi connectivity index (χ2v) is 9.24. The Hall–Kier alpha value is -0.560. The van der Waals surface area contributed by atoms with Crippen molar-refractivity contribution < 1.29 is 0 Å². The van der Waals surface area contributed by atoms with Crippen LogP contribution in [0.1, 0.15) is 72.1 Å². The van der Waals surface area contributed by atoms with Crippen LogP contribution in [0.25, 0.3) is 0 Å². The minimum Gasteiger partial charge on any atom is -0.321 e. The van der Waals surface area contributed by atoms with Crippen LogP contribution >= 0.6 is 0 Å². The van der Waals surface area contributed by atoms with E-state index in [0.29, 0.717) is 5.41 Å². The Morgan fingerprint density at radius 3 is 2.59 bits per heavy atom. The smallest absolute Gasteiger partial charge is 0.0405 e. The van der Waals surface area contributed by atoms with Gasteiger partial charge in [0.2, 0.25) is 0 Å². The number of fused-ring (bicyclic) bond motifs is 5. The molecule has 6 atom stereocenters. The molecule has 0 spiro atoms. The maximum absolute atomic E-state index is 7.05. The van der Waals surface area contributed by atoms with E-state index in [9.17, 15) is 0 Å². The molecule has 0 aliphatic heterocycles. The SMILES string of the molecule is C=C(C)[C@@H]1CC[C@@H]2[C@H]3CCC4=C(C)CC[C@@]4(N)[C@@H]3CC[C@]21C. The van der Waals surface area contributed by atoms with E-state index in [1.165, 1.54) is 56.9 Å². The van der Waals surface area contributed by atoms with Crippen molar-refractivity contribution in [3.8, 4) is 0 Å². The highest BCUT2D eigenvalue weighted by atomic mass is 14.8. The summed E-state index contributed by atoms with van der Waals surface area (Å²) in [6.07, 6.45) is 10.7. The van der Waals surface area contributed by atoms with Gasteiger partial charge in [0.05, 0.1) is 0 Å². The van der Waals surface area contributed by atoms with Gasteiger partial charge >= 0.3 is 0 Å².